The molecular formula is C21H16N2O4S. The number of carbonyl (C=O) groups is 2. The monoisotopic (exact) mass is 392 g/mol. The van der Waals surface area contributed by atoms with Gasteiger partial charge in [0, 0.05) is 11.6 Å². The Morgan fingerprint density at radius 1 is 1.07 bits per heavy atom. The molecule has 28 heavy (non-hydrogen) atoms. The fraction of sp³-hybridized carbons (Fsp3) is 0.143. The number of hydrogen-bond acceptors (Lipinski definition) is 5. The largest absolute Gasteiger partial charge is 0.486 e. The van der Waals surface area contributed by atoms with Crippen LogP contribution in [0.2, 0.25) is 0 Å². The van der Waals surface area contributed by atoms with E-state index >= 15 is 0 Å². The van der Waals surface area contributed by atoms with Gasteiger partial charge in [0.25, 0.3) is 11.1 Å². The number of thioether (sulfide) groups is 1. The first-order valence-corrected chi connectivity index (χ1v) is 9.65. The summed E-state index contributed by atoms with van der Waals surface area (Å²) >= 11 is 0.868. The summed E-state index contributed by atoms with van der Waals surface area (Å²) in [5, 5.41) is 0.507. The van der Waals surface area contributed by atoms with E-state index in [0.29, 0.717) is 18.8 Å². The molecule has 3 heterocycles. The first-order valence-electron chi connectivity index (χ1n) is 8.83. The van der Waals surface area contributed by atoms with Gasteiger partial charge in [-0.2, -0.15) is 0 Å². The van der Waals surface area contributed by atoms with Crippen molar-refractivity contribution in [2.75, 3.05) is 11.5 Å². The van der Waals surface area contributed by atoms with E-state index in [0.717, 1.165) is 34.2 Å². The second-order valence-corrected chi connectivity index (χ2v) is 7.65. The van der Waals surface area contributed by atoms with E-state index in [2.05, 4.69) is 6.58 Å². The van der Waals surface area contributed by atoms with E-state index in [9.17, 15) is 9.59 Å². The molecule has 5 rings (SSSR count). The van der Waals surface area contributed by atoms with E-state index in [-0.39, 0.29) is 22.2 Å². The van der Waals surface area contributed by atoms with E-state index < -0.39 is 0 Å². The van der Waals surface area contributed by atoms with Crippen molar-refractivity contribution in [1.82, 2.24) is 4.57 Å². The van der Waals surface area contributed by atoms with Crippen molar-refractivity contribution in [2.24, 2.45) is 0 Å². The summed E-state index contributed by atoms with van der Waals surface area (Å²) < 4.78 is 13.9. The maximum absolute atomic E-state index is 12.3. The van der Waals surface area contributed by atoms with Crippen molar-refractivity contribution in [2.45, 2.75) is 12.6 Å². The molecule has 0 N–H and O–H groups in total. The van der Waals surface area contributed by atoms with Gasteiger partial charge >= 0.3 is 0 Å². The van der Waals surface area contributed by atoms with Crippen LogP contribution in [0, 0.1) is 0 Å². The Hall–Kier alpha value is -3.19. The van der Waals surface area contributed by atoms with Crippen LogP contribution in [0.5, 0.6) is 11.5 Å². The lowest BCUT2D eigenvalue weighted by molar-refractivity contribution is -0.113. The van der Waals surface area contributed by atoms with Crippen LogP contribution in [0.4, 0.5) is 10.5 Å². The van der Waals surface area contributed by atoms with Crippen LogP contribution in [-0.2, 0) is 11.3 Å². The third-order valence-electron chi connectivity index (χ3n) is 4.83. The van der Waals surface area contributed by atoms with Crippen LogP contribution >= 0.6 is 11.8 Å². The van der Waals surface area contributed by atoms with Crippen molar-refractivity contribution < 1.29 is 19.1 Å². The highest BCUT2D eigenvalue weighted by Crippen LogP contribution is 2.37. The van der Waals surface area contributed by atoms with E-state index in [1.165, 1.54) is 4.90 Å². The molecule has 2 amide bonds. The maximum Gasteiger partial charge on any atom is 0.298 e. The SMILES string of the molecule is C=C1SC(=O)N(c2cccc3c2ccn3CC2COc3ccccc3O2)C1=O. The number of amides is 2. The van der Waals surface area contributed by atoms with Crippen LogP contribution < -0.4 is 14.4 Å². The van der Waals surface area contributed by atoms with E-state index in [1.807, 2.05) is 53.2 Å². The number of hydrogen-bond donors (Lipinski definition) is 0. The van der Waals surface area contributed by atoms with Gasteiger partial charge in [-0.1, -0.05) is 24.8 Å². The molecule has 6 nitrogen and oxygen atoms in total. The van der Waals surface area contributed by atoms with Gasteiger partial charge < -0.3 is 14.0 Å². The van der Waals surface area contributed by atoms with Gasteiger partial charge in [-0.25, -0.2) is 4.90 Å². The smallest absolute Gasteiger partial charge is 0.298 e. The molecule has 1 unspecified atom stereocenters. The first kappa shape index (κ1) is 16.9. The van der Waals surface area contributed by atoms with Crippen molar-refractivity contribution in [3.8, 4) is 11.5 Å². The predicted octanol–water partition coefficient (Wildman–Crippen LogP) is 4.19. The van der Waals surface area contributed by atoms with Gasteiger partial charge in [0.2, 0.25) is 0 Å². The molecule has 0 bridgehead atoms. The highest BCUT2D eigenvalue weighted by atomic mass is 32.2. The van der Waals surface area contributed by atoms with Crippen LogP contribution in [0.1, 0.15) is 0 Å². The molecular weight excluding hydrogens is 376 g/mol. The lowest BCUT2D eigenvalue weighted by atomic mass is 10.2. The summed E-state index contributed by atoms with van der Waals surface area (Å²) in [7, 11) is 0. The molecule has 2 aliphatic rings. The third kappa shape index (κ3) is 2.66. The Bertz CT molecular complexity index is 1140. The van der Waals surface area contributed by atoms with Crippen LogP contribution in [0.25, 0.3) is 10.9 Å². The Balaban J connectivity index is 1.46. The zero-order chi connectivity index (χ0) is 19.3. The zero-order valence-corrected chi connectivity index (χ0v) is 15.6. The van der Waals surface area contributed by atoms with Crippen molar-refractivity contribution in [3.05, 3.63) is 66.2 Å². The minimum absolute atomic E-state index is 0.139. The van der Waals surface area contributed by atoms with Gasteiger partial charge in [-0.05, 0) is 42.1 Å². The molecule has 140 valence electrons. The summed E-state index contributed by atoms with van der Waals surface area (Å²) in [5.41, 5.74) is 1.49. The Labute approximate surface area is 165 Å². The number of fused-ring (bicyclic) bond motifs is 2. The number of nitrogens with zero attached hydrogens (tertiary/aromatic N) is 2. The molecule has 3 aromatic rings. The fourth-order valence-electron chi connectivity index (χ4n) is 3.54. The number of aromatic nitrogens is 1. The van der Waals surface area contributed by atoms with Gasteiger partial charge in [0.15, 0.2) is 17.6 Å². The summed E-state index contributed by atoms with van der Waals surface area (Å²) in [5.74, 6) is 1.12. The minimum atomic E-state index is -0.365. The molecule has 0 saturated carbocycles. The number of benzene rings is 2. The quantitative estimate of drug-likeness (QED) is 0.626. The third-order valence-corrected chi connectivity index (χ3v) is 5.61. The number of para-hydroxylation sites is 2. The molecule has 0 aliphatic carbocycles. The van der Waals surface area contributed by atoms with Crippen molar-refractivity contribution in [3.63, 3.8) is 0 Å². The number of anilines is 1. The number of rotatable bonds is 3. The first-order chi connectivity index (χ1) is 13.6. The summed E-state index contributed by atoms with van der Waals surface area (Å²) in [6, 6.07) is 15.1. The van der Waals surface area contributed by atoms with Crippen molar-refractivity contribution >= 4 is 39.5 Å². The van der Waals surface area contributed by atoms with Crippen molar-refractivity contribution in [1.29, 1.82) is 0 Å². The molecule has 0 spiro atoms. The number of ether oxygens (including phenoxy) is 2. The van der Waals surface area contributed by atoms with Crippen LogP contribution in [0.3, 0.4) is 0 Å². The Kier molecular flexibility index (Phi) is 3.91. The zero-order valence-electron chi connectivity index (χ0n) is 14.8. The molecule has 2 aromatic carbocycles. The average molecular weight is 392 g/mol. The Morgan fingerprint density at radius 2 is 1.89 bits per heavy atom. The molecule has 7 heteroatoms. The van der Waals surface area contributed by atoms with E-state index in [4.69, 9.17) is 9.47 Å². The van der Waals surface area contributed by atoms with Gasteiger partial charge in [-0.15, -0.1) is 0 Å². The standard InChI is InChI=1S/C21H16N2O4S/c1-13-20(24)23(21(25)28-13)17-6-4-5-16-15(17)9-10-22(16)11-14-12-26-18-7-2-3-8-19(18)27-14/h2-10,14H,1,11-12H2. The van der Waals surface area contributed by atoms with Gasteiger partial charge in [-0.3, -0.25) is 9.59 Å². The maximum atomic E-state index is 12.3. The molecule has 2 aliphatic heterocycles. The predicted molar refractivity (Wildman–Crippen MR) is 108 cm³/mol. The van der Waals surface area contributed by atoms with E-state index in [1.54, 1.807) is 6.07 Å². The summed E-state index contributed by atoms with van der Waals surface area (Å²) in [4.78, 5) is 26.0. The lowest BCUT2D eigenvalue weighted by Gasteiger charge is -2.27. The normalized spacial score (nSPS) is 18.9. The molecule has 1 atom stereocenters. The van der Waals surface area contributed by atoms with Crippen LogP contribution in [0.15, 0.2) is 66.2 Å². The second kappa shape index (κ2) is 6.45. The molecule has 1 fully saturated rings. The summed E-state index contributed by atoms with van der Waals surface area (Å²) in [6.07, 6.45) is 1.80. The highest BCUT2D eigenvalue weighted by molar-refractivity contribution is 8.18. The highest BCUT2D eigenvalue weighted by Gasteiger charge is 2.36. The fourth-order valence-corrected chi connectivity index (χ4v) is 4.21. The molecule has 1 saturated heterocycles. The molecule has 1 aromatic heterocycles. The average Bonchev–Trinajstić information content (AvgIpc) is 3.22. The Morgan fingerprint density at radius 3 is 2.68 bits per heavy atom. The minimum Gasteiger partial charge on any atom is -0.486 e. The number of imide groups is 1. The summed E-state index contributed by atoms with van der Waals surface area (Å²) in [6.45, 7) is 4.70. The van der Waals surface area contributed by atoms with Gasteiger partial charge in [0.1, 0.15) is 6.61 Å². The number of carbonyl (C=O) groups excluding carboxylic acids is 2. The van der Waals surface area contributed by atoms with Gasteiger partial charge in [0.05, 0.1) is 22.7 Å². The second-order valence-electron chi connectivity index (χ2n) is 6.61. The van der Waals surface area contributed by atoms with Crippen LogP contribution in [-0.4, -0.2) is 28.4 Å². The molecule has 0 radical (unpaired) electrons. The topological polar surface area (TPSA) is 60.8 Å². The lowest BCUT2D eigenvalue weighted by Crippen LogP contribution is -2.33.